The highest BCUT2D eigenvalue weighted by molar-refractivity contribution is 9.10. The van der Waals surface area contributed by atoms with Gasteiger partial charge in [0, 0.05) is 10.9 Å². The zero-order chi connectivity index (χ0) is 14.4. The van der Waals surface area contributed by atoms with E-state index in [1.807, 2.05) is 30.3 Å². The monoisotopic (exact) mass is 334 g/mol. The number of rotatable bonds is 5. The lowest BCUT2D eigenvalue weighted by molar-refractivity contribution is -0.134. The number of ether oxygens (including phenoxy) is 2. The van der Waals surface area contributed by atoms with Crippen molar-refractivity contribution >= 4 is 21.9 Å². The van der Waals surface area contributed by atoms with Gasteiger partial charge < -0.3 is 9.47 Å². The number of hydrogen-bond donors (Lipinski definition) is 0. The van der Waals surface area contributed by atoms with Crippen molar-refractivity contribution in [1.82, 2.24) is 0 Å². The zero-order valence-corrected chi connectivity index (χ0v) is 12.7. The number of methoxy groups -OCH3 is 1. The Morgan fingerprint density at radius 1 is 1.10 bits per heavy atom. The first-order valence-electron chi connectivity index (χ1n) is 6.27. The van der Waals surface area contributed by atoms with Gasteiger partial charge >= 0.3 is 5.97 Å². The van der Waals surface area contributed by atoms with Crippen molar-refractivity contribution in [1.29, 1.82) is 0 Å². The molecule has 2 aromatic carbocycles. The molecule has 0 unspecified atom stereocenters. The highest BCUT2D eigenvalue weighted by Gasteiger charge is 2.09. The van der Waals surface area contributed by atoms with Gasteiger partial charge in [-0.2, -0.15) is 0 Å². The molecule has 0 aromatic heterocycles. The third kappa shape index (κ3) is 4.10. The maximum absolute atomic E-state index is 11.8. The second-order valence-corrected chi connectivity index (χ2v) is 5.17. The normalized spacial score (nSPS) is 10.1. The van der Waals surface area contributed by atoms with Crippen LogP contribution < -0.4 is 9.47 Å². The lowest BCUT2D eigenvalue weighted by atomic mass is 10.1. The predicted molar refractivity (Wildman–Crippen MR) is 81.1 cm³/mol. The first-order chi connectivity index (χ1) is 9.69. The Labute approximate surface area is 126 Å². The highest BCUT2D eigenvalue weighted by atomic mass is 79.9. The molecule has 4 heteroatoms. The predicted octanol–water partition coefficient (Wildman–Crippen LogP) is 4.00. The van der Waals surface area contributed by atoms with E-state index >= 15 is 0 Å². The van der Waals surface area contributed by atoms with E-state index < -0.39 is 0 Å². The van der Waals surface area contributed by atoms with Crippen molar-refractivity contribution in [3.63, 3.8) is 0 Å². The van der Waals surface area contributed by atoms with Crippen LogP contribution in [0.4, 0.5) is 0 Å². The van der Waals surface area contributed by atoms with Gasteiger partial charge in [-0.1, -0.05) is 40.2 Å². The quantitative estimate of drug-likeness (QED) is 0.612. The molecule has 20 heavy (non-hydrogen) atoms. The molecule has 0 fully saturated rings. The van der Waals surface area contributed by atoms with Crippen LogP contribution in [0.2, 0.25) is 0 Å². The molecule has 104 valence electrons. The van der Waals surface area contributed by atoms with E-state index in [9.17, 15) is 4.79 Å². The standard InChI is InChI=1S/C16H15BrO3/c1-19-14-7-2-3-8-15(14)20-16(18)10-9-12-5-4-6-13(17)11-12/h2-8,11H,9-10H2,1H3. The number of esters is 1. The molecular formula is C16H15BrO3. The van der Waals surface area contributed by atoms with E-state index in [0.717, 1.165) is 10.0 Å². The van der Waals surface area contributed by atoms with Gasteiger partial charge in [-0.05, 0) is 36.2 Å². The molecule has 0 aliphatic carbocycles. The topological polar surface area (TPSA) is 35.5 Å². The van der Waals surface area contributed by atoms with Gasteiger partial charge in [0.25, 0.3) is 0 Å². The van der Waals surface area contributed by atoms with E-state index in [-0.39, 0.29) is 5.97 Å². The Hall–Kier alpha value is -1.81. The third-order valence-corrected chi connectivity index (χ3v) is 3.29. The Bertz CT molecular complexity index is 596. The molecule has 0 atom stereocenters. The third-order valence-electron chi connectivity index (χ3n) is 2.80. The Morgan fingerprint density at radius 2 is 1.85 bits per heavy atom. The minimum Gasteiger partial charge on any atom is -0.493 e. The molecule has 0 aliphatic heterocycles. The summed E-state index contributed by atoms with van der Waals surface area (Å²) in [6, 6.07) is 15.0. The molecule has 2 rings (SSSR count). The van der Waals surface area contributed by atoms with Crippen molar-refractivity contribution in [2.75, 3.05) is 7.11 Å². The molecule has 0 saturated heterocycles. The molecule has 0 heterocycles. The maximum atomic E-state index is 11.8. The lowest BCUT2D eigenvalue weighted by Gasteiger charge is -2.08. The number of benzene rings is 2. The first-order valence-corrected chi connectivity index (χ1v) is 7.06. The molecule has 0 saturated carbocycles. The number of carbonyl (C=O) groups excluding carboxylic acids is 1. The summed E-state index contributed by atoms with van der Waals surface area (Å²) in [4.78, 5) is 11.8. The van der Waals surface area contributed by atoms with Crippen LogP contribution in [0.15, 0.2) is 53.0 Å². The fraction of sp³-hybridized carbons (Fsp3) is 0.188. The van der Waals surface area contributed by atoms with Crippen molar-refractivity contribution in [3.8, 4) is 11.5 Å². The summed E-state index contributed by atoms with van der Waals surface area (Å²) >= 11 is 3.41. The Kier molecular flexibility index (Phi) is 5.18. The molecule has 0 N–H and O–H groups in total. The summed E-state index contributed by atoms with van der Waals surface area (Å²) in [6.45, 7) is 0. The summed E-state index contributed by atoms with van der Waals surface area (Å²) in [5, 5.41) is 0. The summed E-state index contributed by atoms with van der Waals surface area (Å²) in [6.07, 6.45) is 0.974. The van der Waals surface area contributed by atoms with Crippen LogP contribution in [0.5, 0.6) is 11.5 Å². The van der Waals surface area contributed by atoms with Gasteiger partial charge in [-0.25, -0.2) is 0 Å². The largest absolute Gasteiger partial charge is 0.493 e. The van der Waals surface area contributed by atoms with E-state index in [1.54, 1.807) is 25.3 Å². The minimum absolute atomic E-state index is 0.269. The number of carbonyl (C=O) groups is 1. The van der Waals surface area contributed by atoms with Gasteiger partial charge in [0.1, 0.15) is 0 Å². The summed E-state index contributed by atoms with van der Waals surface area (Å²) < 4.78 is 11.5. The summed E-state index contributed by atoms with van der Waals surface area (Å²) in [7, 11) is 1.55. The molecule has 3 nitrogen and oxygen atoms in total. The van der Waals surface area contributed by atoms with E-state index in [1.165, 1.54) is 0 Å². The van der Waals surface area contributed by atoms with Crippen LogP contribution >= 0.6 is 15.9 Å². The van der Waals surface area contributed by atoms with Crippen LogP contribution in [0, 0.1) is 0 Å². The van der Waals surface area contributed by atoms with Gasteiger partial charge in [0.2, 0.25) is 0 Å². The fourth-order valence-electron chi connectivity index (χ4n) is 1.82. The van der Waals surface area contributed by atoms with E-state index in [4.69, 9.17) is 9.47 Å². The second kappa shape index (κ2) is 7.10. The molecule has 0 amide bonds. The number of para-hydroxylation sites is 2. The summed E-state index contributed by atoms with van der Waals surface area (Å²) in [5.41, 5.74) is 1.09. The van der Waals surface area contributed by atoms with Crippen LogP contribution in [-0.4, -0.2) is 13.1 Å². The van der Waals surface area contributed by atoms with Crippen LogP contribution in [0.1, 0.15) is 12.0 Å². The highest BCUT2D eigenvalue weighted by Crippen LogP contribution is 2.26. The Morgan fingerprint density at radius 3 is 2.55 bits per heavy atom. The number of halogens is 1. The van der Waals surface area contributed by atoms with Crippen LogP contribution in [0.25, 0.3) is 0 Å². The van der Waals surface area contributed by atoms with Crippen LogP contribution in [0.3, 0.4) is 0 Å². The van der Waals surface area contributed by atoms with Gasteiger partial charge in [-0.3, -0.25) is 4.79 Å². The lowest BCUT2D eigenvalue weighted by Crippen LogP contribution is -2.09. The molecule has 0 spiro atoms. The van der Waals surface area contributed by atoms with Gasteiger partial charge in [0.15, 0.2) is 11.5 Å². The minimum atomic E-state index is -0.269. The Balaban J connectivity index is 1.93. The maximum Gasteiger partial charge on any atom is 0.311 e. The molecule has 0 radical (unpaired) electrons. The fourth-order valence-corrected chi connectivity index (χ4v) is 2.26. The van der Waals surface area contributed by atoms with E-state index in [2.05, 4.69) is 15.9 Å². The molecule has 2 aromatic rings. The summed E-state index contributed by atoms with van der Waals surface area (Å²) in [5.74, 6) is 0.743. The number of aryl methyl sites for hydroxylation is 1. The zero-order valence-electron chi connectivity index (χ0n) is 11.1. The molecule has 0 aliphatic rings. The van der Waals surface area contributed by atoms with Crippen molar-refractivity contribution in [2.45, 2.75) is 12.8 Å². The van der Waals surface area contributed by atoms with E-state index in [0.29, 0.717) is 24.3 Å². The van der Waals surface area contributed by atoms with Crippen molar-refractivity contribution in [2.24, 2.45) is 0 Å². The average Bonchev–Trinajstić information content (AvgIpc) is 2.46. The first kappa shape index (κ1) is 14.6. The van der Waals surface area contributed by atoms with Crippen molar-refractivity contribution < 1.29 is 14.3 Å². The molecule has 0 bridgehead atoms. The average molecular weight is 335 g/mol. The number of hydrogen-bond acceptors (Lipinski definition) is 3. The van der Waals surface area contributed by atoms with Gasteiger partial charge in [-0.15, -0.1) is 0 Å². The SMILES string of the molecule is COc1ccccc1OC(=O)CCc1cccc(Br)c1. The molecular weight excluding hydrogens is 320 g/mol. The smallest absolute Gasteiger partial charge is 0.311 e. The van der Waals surface area contributed by atoms with Crippen molar-refractivity contribution in [3.05, 3.63) is 58.6 Å². The van der Waals surface area contributed by atoms with Gasteiger partial charge in [0.05, 0.1) is 7.11 Å². The second-order valence-electron chi connectivity index (χ2n) is 4.25. The van der Waals surface area contributed by atoms with Crippen LogP contribution in [-0.2, 0) is 11.2 Å².